The molecule has 2 atom stereocenters. The van der Waals surface area contributed by atoms with Gasteiger partial charge in [0, 0.05) is 37.3 Å². The molecule has 0 spiro atoms. The minimum absolute atomic E-state index is 0.124. The van der Waals surface area contributed by atoms with Gasteiger partial charge in [-0.25, -0.2) is 17.8 Å². The maximum atomic E-state index is 14.5. The van der Waals surface area contributed by atoms with Gasteiger partial charge in [-0.2, -0.15) is 0 Å². The van der Waals surface area contributed by atoms with Gasteiger partial charge in [-0.1, -0.05) is 11.6 Å². The Morgan fingerprint density at radius 2 is 2.16 bits per heavy atom. The lowest BCUT2D eigenvalue weighted by molar-refractivity contribution is 0.0792. The molecule has 8 nitrogen and oxygen atoms in total. The first-order valence-corrected chi connectivity index (χ1v) is 12.7. The maximum Gasteiger partial charge on any atom is 0.266 e. The summed E-state index contributed by atoms with van der Waals surface area (Å²) < 4.78 is 41.5. The van der Waals surface area contributed by atoms with E-state index in [9.17, 15) is 17.9 Å². The van der Waals surface area contributed by atoms with Gasteiger partial charge in [-0.05, 0) is 44.9 Å². The zero-order valence-electron chi connectivity index (χ0n) is 17.1. The van der Waals surface area contributed by atoms with Gasteiger partial charge in [0.15, 0.2) is 5.13 Å². The first-order chi connectivity index (χ1) is 14.7. The summed E-state index contributed by atoms with van der Waals surface area (Å²) >= 11 is 7.27. The summed E-state index contributed by atoms with van der Waals surface area (Å²) in [4.78, 5) is 3.31. The van der Waals surface area contributed by atoms with Crippen LogP contribution in [0.15, 0.2) is 28.6 Å². The van der Waals surface area contributed by atoms with Crippen LogP contribution in [-0.4, -0.2) is 56.3 Å². The normalized spacial score (nSPS) is 21.4. The number of unbranched alkanes of at least 4 members (excludes halogenated alkanes) is 1. The number of thiazole rings is 1. The van der Waals surface area contributed by atoms with Gasteiger partial charge in [0.05, 0.1) is 16.3 Å². The van der Waals surface area contributed by atoms with Crippen molar-refractivity contribution in [3.05, 3.63) is 34.5 Å². The first-order valence-electron chi connectivity index (χ1n) is 9.98. The topological polar surface area (TPSA) is 115 Å². The molecular formula is C19H27ClFN5O3S2. The van der Waals surface area contributed by atoms with E-state index in [1.165, 1.54) is 6.20 Å². The highest BCUT2D eigenvalue weighted by molar-refractivity contribution is 7.93. The van der Waals surface area contributed by atoms with Crippen LogP contribution in [-0.2, 0) is 10.0 Å². The highest BCUT2D eigenvalue weighted by Gasteiger charge is 2.31. The highest BCUT2D eigenvalue weighted by Crippen LogP contribution is 2.29. The summed E-state index contributed by atoms with van der Waals surface area (Å²) in [6, 6.07) is 2.46. The van der Waals surface area contributed by atoms with Crippen LogP contribution in [0.1, 0.15) is 26.2 Å². The van der Waals surface area contributed by atoms with E-state index in [0.717, 1.165) is 55.8 Å². The summed E-state index contributed by atoms with van der Waals surface area (Å²) in [5, 5.41) is 21.5. The zero-order chi connectivity index (χ0) is 22.5. The number of rotatable bonds is 11. The Bertz CT molecular complexity index is 973. The molecule has 1 saturated heterocycles. The molecule has 0 saturated carbocycles. The molecule has 2 aromatic rings. The number of hydrogen-bond acceptors (Lipinski definition) is 8. The molecule has 2 heterocycles. The van der Waals surface area contributed by atoms with Gasteiger partial charge in [0.2, 0.25) is 0 Å². The molecule has 0 radical (unpaired) electrons. The van der Waals surface area contributed by atoms with Gasteiger partial charge < -0.3 is 21.1 Å². The molecule has 0 bridgehead atoms. The van der Waals surface area contributed by atoms with Crippen molar-refractivity contribution < 1.29 is 17.9 Å². The van der Waals surface area contributed by atoms with Crippen molar-refractivity contribution in [1.29, 1.82) is 0 Å². The molecule has 5 N–H and O–H groups in total. The number of sulfonamides is 1. The Morgan fingerprint density at radius 3 is 2.84 bits per heavy atom. The van der Waals surface area contributed by atoms with Crippen molar-refractivity contribution in [3.63, 3.8) is 0 Å². The van der Waals surface area contributed by atoms with Crippen LogP contribution in [0.25, 0.3) is 0 Å². The van der Waals surface area contributed by atoms with E-state index in [1.54, 1.807) is 5.38 Å². The zero-order valence-corrected chi connectivity index (χ0v) is 19.5. The average Bonchev–Trinajstić information content (AvgIpc) is 3.31. The van der Waals surface area contributed by atoms with E-state index in [4.69, 9.17) is 11.6 Å². The number of hydrogen-bond donors (Lipinski definition) is 5. The van der Waals surface area contributed by atoms with Crippen molar-refractivity contribution in [2.45, 2.75) is 42.7 Å². The smallest absolute Gasteiger partial charge is 0.266 e. The summed E-state index contributed by atoms with van der Waals surface area (Å²) in [6.45, 7) is 4.64. The predicted octanol–water partition coefficient (Wildman–Crippen LogP) is 2.63. The van der Waals surface area contributed by atoms with Crippen molar-refractivity contribution in [3.8, 4) is 0 Å². The second kappa shape index (κ2) is 10.4. The number of benzene rings is 1. The Balaban J connectivity index is 1.42. The lowest BCUT2D eigenvalue weighted by Crippen LogP contribution is -2.34. The van der Waals surface area contributed by atoms with Crippen LogP contribution in [0, 0.1) is 5.82 Å². The van der Waals surface area contributed by atoms with Gasteiger partial charge in [0.1, 0.15) is 10.7 Å². The van der Waals surface area contributed by atoms with Crippen LogP contribution < -0.4 is 20.7 Å². The van der Waals surface area contributed by atoms with E-state index < -0.39 is 26.3 Å². The molecule has 1 fully saturated rings. The molecule has 172 valence electrons. The quantitative estimate of drug-likeness (QED) is 0.307. The van der Waals surface area contributed by atoms with Crippen LogP contribution in [0.5, 0.6) is 0 Å². The molecule has 0 aliphatic carbocycles. The fraction of sp³-hybridized carbons (Fsp3) is 0.526. The molecule has 3 rings (SSSR count). The lowest BCUT2D eigenvalue weighted by atomic mass is 10.0. The number of anilines is 2. The molecule has 1 aliphatic rings. The largest absolute Gasteiger partial charge is 0.389 e. The van der Waals surface area contributed by atoms with Gasteiger partial charge >= 0.3 is 0 Å². The summed E-state index contributed by atoms with van der Waals surface area (Å²) in [5.41, 5.74) is -0.283. The Morgan fingerprint density at radius 1 is 1.39 bits per heavy atom. The summed E-state index contributed by atoms with van der Waals surface area (Å²) in [7, 11) is -4.12. The fourth-order valence-corrected chi connectivity index (χ4v) is 5.54. The molecule has 1 aromatic heterocycles. The number of nitrogens with one attached hydrogen (secondary N) is 4. The Labute approximate surface area is 190 Å². The standard InChI is InChI=1S/C19H27ClFN5O3S2/c1-19(27)10-13(25-12-19)11-22-4-2-3-5-23-16-9-15(21)17(8-14(16)20)31(28,29)26-18-24-6-7-30-18/h6-9,13,22-23,25,27H,2-5,10-12H2,1H3,(H,24,26)/t13-,19?/m0/s1. The number of aromatic nitrogens is 1. The van der Waals surface area contributed by atoms with Crippen LogP contribution >= 0.6 is 22.9 Å². The summed E-state index contributed by atoms with van der Waals surface area (Å²) in [6.07, 6.45) is 3.91. The molecule has 1 unspecified atom stereocenters. The number of β-amino-alcohol motifs (C(OH)–C–C–N with tert-alkyl or cyclic N) is 1. The highest BCUT2D eigenvalue weighted by atomic mass is 35.5. The molecule has 12 heteroatoms. The molecule has 1 aliphatic heterocycles. The summed E-state index contributed by atoms with van der Waals surface area (Å²) in [5.74, 6) is -0.891. The minimum atomic E-state index is -4.12. The van der Waals surface area contributed by atoms with E-state index in [0.29, 0.717) is 18.8 Å². The van der Waals surface area contributed by atoms with E-state index in [-0.39, 0.29) is 16.2 Å². The van der Waals surface area contributed by atoms with E-state index in [1.807, 2.05) is 6.92 Å². The minimum Gasteiger partial charge on any atom is -0.389 e. The van der Waals surface area contributed by atoms with Crippen LogP contribution in [0.4, 0.5) is 15.2 Å². The Hall–Kier alpha value is -1.50. The Kier molecular flexibility index (Phi) is 8.11. The van der Waals surface area contributed by atoms with Crippen molar-refractivity contribution in [2.24, 2.45) is 0 Å². The average molecular weight is 492 g/mol. The number of aliphatic hydroxyl groups is 1. The second-order valence-corrected chi connectivity index (χ2v) is 10.8. The monoisotopic (exact) mass is 491 g/mol. The van der Waals surface area contributed by atoms with Crippen molar-refractivity contribution in [2.75, 3.05) is 36.2 Å². The molecule has 31 heavy (non-hydrogen) atoms. The first kappa shape index (κ1) is 24.1. The van der Waals surface area contributed by atoms with E-state index in [2.05, 4.69) is 25.7 Å². The van der Waals surface area contributed by atoms with Gasteiger partial charge in [-0.3, -0.25) is 4.72 Å². The van der Waals surface area contributed by atoms with Crippen molar-refractivity contribution >= 4 is 43.8 Å². The SMILES string of the molecule is CC1(O)CN[C@H](CNCCCCNc2cc(F)c(S(=O)(=O)Nc3nccs3)cc2Cl)C1. The third-order valence-corrected chi connectivity index (χ3v) is 7.39. The van der Waals surface area contributed by atoms with E-state index >= 15 is 0 Å². The molecule has 1 aromatic carbocycles. The third-order valence-electron chi connectivity index (χ3n) is 4.91. The fourth-order valence-electron chi connectivity index (χ4n) is 3.37. The van der Waals surface area contributed by atoms with Gasteiger partial charge in [0.25, 0.3) is 10.0 Å². The maximum absolute atomic E-state index is 14.5. The second-order valence-electron chi connectivity index (χ2n) is 7.82. The molecular weight excluding hydrogens is 465 g/mol. The van der Waals surface area contributed by atoms with Crippen molar-refractivity contribution in [1.82, 2.24) is 15.6 Å². The number of nitrogens with zero attached hydrogens (tertiary/aromatic N) is 1. The predicted molar refractivity (Wildman–Crippen MR) is 122 cm³/mol. The third kappa shape index (κ3) is 6.99. The van der Waals surface area contributed by atoms with Gasteiger partial charge in [-0.15, -0.1) is 11.3 Å². The molecule has 0 amide bonds. The number of halogens is 2. The van der Waals surface area contributed by atoms with Crippen LogP contribution in [0.2, 0.25) is 5.02 Å². The lowest BCUT2D eigenvalue weighted by Gasteiger charge is -2.15. The van der Waals surface area contributed by atoms with Crippen LogP contribution in [0.3, 0.4) is 0 Å².